The summed E-state index contributed by atoms with van der Waals surface area (Å²) in [5.41, 5.74) is 0.741. The van der Waals surface area contributed by atoms with Crippen molar-refractivity contribution < 1.29 is 23.9 Å². The fourth-order valence-corrected chi connectivity index (χ4v) is 3.84. The van der Waals surface area contributed by atoms with Gasteiger partial charge in [0.2, 0.25) is 0 Å². The Kier molecular flexibility index (Phi) is 6.66. The molecule has 1 aliphatic rings. The minimum Gasteiger partial charge on any atom is -0.449 e. The fourth-order valence-electron chi connectivity index (χ4n) is 3.22. The highest BCUT2D eigenvalue weighted by Crippen LogP contribution is 2.17. The Morgan fingerprint density at radius 3 is 2.55 bits per heavy atom. The average Bonchev–Trinajstić information content (AvgIpc) is 3.21. The lowest BCUT2D eigenvalue weighted by atomic mass is 10.2. The van der Waals surface area contributed by atoms with Gasteiger partial charge in [0.05, 0.1) is 22.6 Å². The molecule has 0 saturated carbocycles. The van der Waals surface area contributed by atoms with Gasteiger partial charge in [0.25, 0.3) is 11.8 Å². The molecule has 7 nitrogen and oxygen atoms in total. The second-order valence-electron chi connectivity index (χ2n) is 7.06. The number of esters is 1. The van der Waals surface area contributed by atoms with E-state index >= 15 is 0 Å². The van der Waals surface area contributed by atoms with Gasteiger partial charge in [-0.25, -0.2) is 4.79 Å². The molecule has 1 fully saturated rings. The van der Waals surface area contributed by atoms with Crippen molar-refractivity contribution in [2.45, 2.75) is 39.1 Å². The molecule has 1 saturated heterocycles. The number of rotatable bonds is 5. The van der Waals surface area contributed by atoms with Gasteiger partial charge in [0.15, 0.2) is 6.10 Å². The number of carbonyl (C=O) groups is 3. The zero-order chi connectivity index (χ0) is 21.0. The normalized spacial score (nSPS) is 20.0. The van der Waals surface area contributed by atoms with Crippen LogP contribution in [0.1, 0.15) is 40.8 Å². The van der Waals surface area contributed by atoms with Crippen molar-refractivity contribution >= 4 is 34.8 Å². The number of anilines is 1. The molecule has 1 N–H and O–H groups in total. The lowest BCUT2D eigenvalue weighted by Crippen LogP contribution is -2.51. The first-order valence-corrected chi connectivity index (χ1v) is 10.3. The molecular weight excluding hydrogens is 392 g/mol. The van der Waals surface area contributed by atoms with Crippen molar-refractivity contribution in [2.24, 2.45) is 0 Å². The monoisotopic (exact) mass is 416 g/mol. The van der Waals surface area contributed by atoms with Crippen LogP contribution in [-0.2, 0) is 14.3 Å². The molecule has 2 amide bonds. The molecular formula is C21H24N2O5S. The molecule has 2 aromatic rings. The zero-order valence-corrected chi connectivity index (χ0v) is 17.4. The van der Waals surface area contributed by atoms with Gasteiger partial charge in [0, 0.05) is 18.8 Å². The van der Waals surface area contributed by atoms with E-state index in [2.05, 4.69) is 5.32 Å². The van der Waals surface area contributed by atoms with E-state index in [-0.39, 0.29) is 29.6 Å². The summed E-state index contributed by atoms with van der Waals surface area (Å²) >= 11 is 1.33. The number of morpholine rings is 1. The van der Waals surface area contributed by atoms with E-state index in [4.69, 9.17) is 9.47 Å². The van der Waals surface area contributed by atoms with Gasteiger partial charge in [-0.2, -0.15) is 0 Å². The number of ether oxygens (including phenoxy) is 2. The van der Waals surface area contributed by atoms with E-state index in [1.54, 1.807) is 42.2 Å². The Morgan fingerprint density at radius 1 is 1.17 bits per heavy atom. The predicted octanol–water partition coefficient (Wildman–Crippen LogP) is 3.18. The highest BCUT2D eigenvalue weighted by atomic mass is 32.1. The van der Waals surface area contributed by atoms with Crippen LogP contribution >= 0.6 is 11.3 Å². The van der Waals surface area contributed by atoms with Crippen molar-refractivity contribution in [3.8, 4) is 0 Å². The molecule has 1 aliphatic heterocycles. The number of nitrogens with zero attached hydrogens (tertiary/aromatic N) is 1. The Labute approximate surface area is 173 Å². The van der Waals surface area contributed by atoms with Crippen LogP contribution in [0.2, 0.25) is 0 Å². The standard InChI is InChI=1S/C21H24N2O5S/c1-13-11-23(12-14(2)27-13)20(25)15(3)28-21(26)16-6-4-7-17(10-16)22-19(24)18-8-5-9-29-18/h4-10,13-15H,11-12H2,1-3H3,(H,22,24). The van der Waals surface area contributed by atoms with Gasteiger partial charge in [-0.15, -0.1) is 11.3 Å². The number of thiophene rings is 1. The highest BCUT2D eigenvalue weighted by molar-refractivity contribution is 7.12. The van der Waals surface area contributed by atoms with Crippen molar-refractivity contribution in [1.29, 1.82) is 0 Å². The van der Waals surface area contributed by atoms with Gasteiger partial charge in [-0.05, 0) is 50.4 Å². The summed E-state index contributed by atoms with van der Waals surface area (Å²) < 4.78 is 11.0. The number of carbonyl (C=O) groups excluding carboxylic acids is 3. The number of nitrogens with one attached hydrogen (secondary N) is 1. The molecule has 0 aliphatic carbocycles. The molecule has 0 spiro atoms. The lowest BCUT2D eigenvalue weighted by molar-refractivity contribution is -0.151. The SMILES string of the molecule is CC1CN(C(=O)C(C)OC(=O)c2cccc(NC(=O)c3cccs3)c2)CC(C)O1. The van der Waals surface area contributed by atoms with Gasteiger partial charge in [-0.3, -0.25) is 9.59 Å². The molecule has 8 heteroatoms. The maximum Gasteiger partial charge on any atom is 0.338 e. The first-order chi connectivity index (χ1) is 13.8. The Morgan fingerprint density at radius 2 is 1.90 bits per heavy atom. The van der Waals surface area contributed by atoms with Gasteiger partial charge in [-0.1, -0.05) is 12.1 Å². The van der Waals surface area contributed by atoms with Gasteiger partial charge >= 0.3 is 5.97 Å². The van der Waals surface area contributed by atoms with Crippen LogP contribution in [-0.4, -0.2) is 54.1 Å². The molecule has 2 heterocycles. The molecule has 1 aromatic carbocycles. The molecule has 0 radical (unpaired) electrons. The molecule has 3 rings (SSSR count). The van der Waals surface area contributed by atoms with Crippen LogP contribution in [0.5, 0.6) is 0 Å². The lowest BCUT2D eigenvalue weighted by Gasteiger charge is -2.36. The van der Waals surface area contributed by atoms with Crippen LogP contribution in [0.4, 0.5) is 5.69 Å². The smallest absolute Gasteiger partial charge is 0.338 e. The molecule has 1 aromatic heterocycles. The Hall–Kier alpha value is -2.71. The number of hydrogen-bond donors (Lipinski definition) is 1. The van der Waals surface area contributed by atoms with Crippen LogP contribution in [0.3, 0.4) is 0 Å². The van der Waals surface area contributed by atoms with Crippen LogP contribution < -0.4 is 5.32 Å². The minimum absolute atomic E-state index is 0.0609. The van der Waals surface area contributed by atoms with Crippen molar-refractivity contribution in [3.05, 3.63) is 52.2 Å². The molecule has 154 valence electrons. The molecule has 3 atom stereocenters. The first-order valence-electron chi connectivity index (χ1n) is 9.43. The van der Waals surface area contributed by atoms with E-state index < -0.39 is 12.1 Å². The summed E-state index contributed by atoms with van der Waals surface area (Å²) in [6.07, 6.45) is -1.03. The van der Waals surface area contributed by atoms with Crippen LogP contribution in [0.15, 0.2) is 41.8 Å². The zero-order valence-electron chi connectivity index (χ0n) is 16.6. The second kappa shape index (κ2) is 9.19. The van der Waals surface area contributed by atoms with E-state index in [1.807, 2.05) is 19.2 Å². The predicted molar refractivity (Wildman–Crippen MR) is 110 cm³/mol. The molecule has 29 heavy (non-hydrogen) atoms. The van der Waals surface area contributed by atoms with Gasteiger partial charge < -0.3 is 19.7 Å². The molecule has 3 unspecified atom stereocenters. The summed E-state index contributed by atoms with van der Waals surface area (Å²) in [7, 11) is 0. The van der Waals surface area contributed by atoms with E-state index in [0.717, 1.165) is 0 Å². The summed E-state index contributed by atoms with van der Waals surface area (Å²) in [5, 5.41) is 4.57. The fraction of sp³-hybridized carbons (Fsp3) is 0.381. The summed E-state index contributed by atoms with van der Waals surface area (Å²) in [4.78, 5) is 39.6. The maximum absolute atomic E-state index is 12.6. The van der Waals surface area contributed by atoms with Crippen LogP contribution in [0.25, 0.3) is 0 Å². The van der Waals surface area contributed by atoms with E-state index in [9.17, 15) is 14.4 Å². The third kappa shape index (κ3) is 5.42. The number of hydrogen-bond acceptors (Lipinski definition) is 6. The maximum atomic E-state index is 12.6. The van der Waals surface area contributed by atoms with Crippen molar-refractivity contribution in [3.63, 3.8) is 0 Å². The minimum atomic E-state index is -0.913. The average molecular weight is 416 g/mol. The Balaban J connectivity index is 1.61. The van der Waals surface area contributed by atoms with Crippen LogP contribution in [0, 0.1) is 0 Å². The number of benzene rings is 1. The quantitative estimate of drug-likeness (QED) is 0.757. The van der Waals surface area contributed by atoms with E-state index in [0.29, 0.717) is 23.7 Å². The first kappa shape index (κ1) is 21.0. The topological polar surface area (TPSA) is 84.9 Å². The molecule has 0 bridgehead atoms. The Bertz CT molecular complexity index is 873. The summed E-state index contributed by atoms with van der Waals surface area (Å²) in [6.45, 7) is 6.31. The van der Waals surface area contributed by atoms with Gasteiger partial charge in [0.1, 0.15) is 0 Å². The second-order valence-corrected chi connectivity index (χ2v) is 8.01. The summed E-state index contributed by atoms with van der Waals surface area (Å²) in [6, 6.07) is 9.97. The van der Waals surface area contributed by atoms with E-state index in [1.165, 1.54) is 17.4 Å². The van der Waals surface area contributed by atoms with Crippen molar-refractivity contribution in [1.82, 2.24) is 4.90 Å². The number of amides is 2. The van der Waals surface area contributed by atoms with Crippen molar-refractivity contribution in [2.75, 3.05) is 18.4 Å². The highest BCUT2D eigenvalue weighted by Gasteiger charge is 2.30. The third-order valence-corrected chi connectivity index (χ3v) is 5.33. The summed E-state index contributed by atoms with van der Waals surface area (Å²) in [5.74, 6) is -1.11. The largest absolute Gasteiger partial charge is 0.449 e. The third-order valence-electron chi connectivity index (χ3n) is 4.46.